The minimum atomic E-state index is -0.961. The Morgan fingerprint density at radius 3 is 2.60 bits per heavy atom. The quantitative estimate of drug-likeness (QED) is 0.851. The SMILES string of the molecule is CC(C)=CCN1CC2(CCN(c3ccc(C(=O)O)cn3)CC2)CC1=O. The first-order valence-electron chi connectivity index (χ1n) is 8.74. The van der Waals surface area contributed by atoms with E-state index in [0.717, 1.165) is 38.3 Å². The molecule has 1 amide bonds. The van der Waals surface area contributed by atoms with Crippen LogP contribution in [0.4, 0.5) is 5.82 Å². The van der Waals surface area contributed by atoms with Crippen LogP contribution in [0.2, 0.25) is 0 Å². The summed E-state index contributed by atoms with van der Waals surface area (Å²) in [4.78, 5) is 31.7. The highest BCUT2D eigenvalue weighted by Gasteiger charge is 2.44. The molecule has 134 valence electrons. The maximum absolute atomic E-state index is 12.3. The summed E-state index contributed by atoms with van der Waals surface area (Å²) in [6.07, 6.45) is 6.09. The van der Waals surface area contributed by atoms with Crippen LogP contribution >= 0.6 is 0 Å². The molecule has 0 unspecified atom stereocenters. The van der Waals surface area contributed by atoms with Crippen molar-refractivity contribution in [1.29, 1.82) is 0 Å². The average Bonchev–Trinajstić information content (AvgIpc) is 2.89. The van der Waals surface area contributed by atoms with Gasteiger partial charge in [-0.05, 0) is 38.8 Å². The number of likely N-dealkylation sites (tertiary alicyclic amines) is 1. The molecule has 2 aliphatic rings. The molecule has 1 aromatic rings. The molecule has 0 bridgehead atoms. The lowest BCUT2D eigenvalue weighted by Gasteiger charge is -2.39. The largest absolute Gasteiger partial charge is 0.478 e. The van der Waals surface area contributed by atoms with Gasteiger partial charge in [-0.25, -0.2) is 9.78 Å². The second-order valence-corrected chi connectivity index (χ2v) is 7.43. The van der Waals surface area contributed by atoms with Crippen LogP contribution < -0.4 is 4.90 Å². The molecule has 0 radical (unpaired) electrons. The van der Waals surface area contributed by atoms with Gasteiger partial charge in [0.2, 0.25) is 5.91 Å². The zero-order valence-electron chi connectivity index (χ0n) is 14.9. The monoisotopic (exact) mass is 343 g/mol. The molecular weight excluding hydrogens is 318 g/mol. The number of hydrogen-bond acceptors (Lipinski definition) is 4. The highest BCUT2D eigenvalue weighted by atomic mass is 16.4. The Bertz CT molecular complexity index is 684. The molecule has 1 spiro atoms. The van der Waals surface area contributed by atoms with Crippen molar-refractivity contribution >= 4 is 17.7 Å². The molecule has 25 heavy (non-hydrogen) atoms. The summed E-state index contributed by atoms with van der Waals surface area (Å²) in [7, 11) is 0. The van der Waals surface area contributed by atoms with Crippen LogP contribution in [0.3, 0.4) is 0 Å². The van der Waals surface area contributed by atoms with Crippen molar-refractivity contribution in [3.63, 3.8) is 0 Å². The molecule has 1 aromatic heterocycles. The number of carboxylic acid groups (broad SMARTS) is 1. The number of nitrogens with zero attached hydrogens (tertiary/aromatic N) is 3. The number of carbonyl (C=O) groups excluding carboxylic acids is 1. The van der Waals surface area contributed by atoms with Gasteiger partial charge in [-0.1, -0.05) is 11.6 Å². The summed E-state index contributed by atoms with van der Waals surface area (Å²) in [6.45, 7) is 7.36. The summed E-state index contributed by atoms with van der Waals surface area (Å²) in [5, 5.41) is 8.96. The molecule has 2 saturated heterocycles. The van der Waals surface area contributed by atoms with Crippen molar-refractivity contribution in [1.82, 2.24) is 9.88 Å². The van der Waals surface area contributed by atoms with Crippen LogP contribution in [0.15, 0.2) is 30.0 Å². The fraction of sp³-hybridized carbons (Fsp3) is 0.526. The van der Waals surface area contributed by atoms with E-state index in [1.54, 1.807) is 12.1 Å². The first kappa shape index (κ1) is 17.5. The predicted molar refractivity (Wildman–Crippen MR) is 95.7 cm³/mol. The minimum Gasteiger partial charge on any atom is -0.478 e. The van der Waals surface area contributed by atoms with Gasteiger partial charge in [-0.2, -0.15) is 0 Å². The first-order valence-corrected chi connectivity index (χ1v) is 8.74. The van der Waals surface area contributed by atoms with Gasteiger partial charge >= 0.3 is 5.97 Å². The Morgan fingerprint density at radius 1 is 1.32 bits per heavy atom. The molecular formula is C19H25N3O3. The number of pyridine rings is 1. The number of allylic oxidation sites excluding steroid dienone is 1. The number of aromatic nitrogens is 1. The van der Waals surface area contributed by atoms with Crippen LogP contribution in [0.25, 0.3) is 0 Å². The summed E-state index contributed by atoms with van der Waals surface area (Å²) in [5.74, 6) is 0.109. The number of anilines is 1. The van der Waals surface area contributed by atoms with Gasteiger partial charge in [-0.15, -0.1) is 0 Å². The molecule has 6 nitrogen and oxygen atoms in total. The van der Waals surface area contributed by atoms with Crippen LogP contribution in [0.5, 0.6) is 0 Å². The summed E-state index contributed by atoms with van der Waals surface area (Å²) < 4.78 is 0. The topological polar surface area (TPSA) is 73.7 Å². The number of carbonyl (C=O) groups is 2. The van der Waals surface area contributed by atoms with E-state index in [2.05, 4.69) is 29.8 Å². The standard InChI is InChI=1S/C19H25N3O3/c1-14(2)5-8-22-13-19(11-17(22)23)6-9-21(10-7-19)16-4-3-15(12-20-16)18(24)25/h3-5,12H,6-11,13H2,1-2H3,(H,24,25). The van der Waals surface area contributed by atoms with E-state index in [1.165, 1.54) is 11.8 Å². The maximum atomic E-state index is 12.3. The van der Waals surface area contributed by atoms with E-state index in [4.69, 9.17) is 5.11 Å². The fourth-order valence-corrected chi connectivity index (χ4v) is 3.69. The minimum absolute atomic E-state index is 0.0874. The van der Waals surface area contributed by atoms with Crippen molar-refractivity contribution in [3.05, 3.63) is 35.5 Å². The van der Waals surface area contributed by atoms with Gasteiger partial charge in [0, 0.05) is 44.2 Å². The van der Waals surface area contributed by atoms with Crippen molar-refractivity contribution < 1.29 is 14.7 Å². The third kappa shape index (κ3) is 3.83. The van der Waals surface area contributed by atoms with Crippen molar-refractivity contribution in [2.75, 3.05) is 31.1 Å². The lowest BCUT2D eigenvalue weighted by atomic mass is 9.77. The molecule has 2 aliphatic heterocycles. The lowest BCUT2D eigenvalue weighted by Crippen LogP contribution is -2.42. The van der Waals surface area contributed by atoms with Gasteiger partial charge in [0.05, 0.1) is 5.56 Å². The molecule has 0 aromatic carbocycles. The first-order chi connectivity index (χ1) is 11.9. The molecule has 2 fully saturated rings. The van der Waals surface area contributed by atoms with E-state index in [-0.39, 0.29) is 16.9 Å². The smallest absolute Gasteiger partial charge is 0.337 e. The second kappa shape index (κ2) is 6.86. The van der Waals surface area contributed by atoms with Crippen LogP contribution in [-0.4, -0.2) is 53.0 Å². The summed E-state index contributed by atoms with van der Waals surface area (Å²) in [5.41, 5.74) is 1.53. The maximum Gasteiger partial charge on any atom is 0.337 e. The van der Waals surface area contributed by atoms with Gasteiger partial charge in [0.15, 0.2) is 0 Å². The zero-order chi connectivity index (χ0) is 18.0. The van der Waals surface area contributed by atoms with E-state index < -0.39 is 5.97 Å². The molecule has 0 saturated carbocycles. The fourth-order valence-electron chi connectivity index (χ4n) is 3.69. The van der Waals surface area contributed by atoms with Crippen LogP contribution in [0.1, 0.15) is 43.5 Å². The molecule has 1 N–H and O–H groups in total. The number of rotatable bonds is 4. The summed E-state index contributed by atoms with van der Waals surface area (Å²) >= 11 is 0. The number of hydrogen-bond donors (Lipinski definition) is 1. The van der Waals surface area contributed by atoms with E-state index in [1.807, 2.05) is 4.90 Å². The third-order valence-electron chi connectivity index (χ3n) is 5.27. The van der Waals surface area contributed by atoms with E-state index >= 15 is 0 Å². The van der Waals surface area contributed by atoms with Gasteiger partial charge in [0.1, 0.15) is 5.82 Å². The Balaban J connectivity index is 1.61. The van der Waals surface area contributed by atoms with Gasteiger partial charge in [0.25, 0.3) is 0 Å². The van der Waals surface area contributed by atoms with E-state index in [0.29, 0.717) is 13.0 Å². The average molecular weight is 343 g/mol. The lowest BCUT2D eigenvalue weighted by molar-refractivity contribution is -0.127. The number of piperidine rings is 1. The second-order valence-electron chi connectivity index (χ2n) is 7.43. The molecule has 0 aliphatic carbocycles. The number of aromatic carboxylic acids is 1. The molecule has 6 heteroatoms. The van der Waals surface area contributed by atoms with Crippen LogP contribution in [-0.2, 0) is 4.79 Å². The molecule has 3 heterocycles. The zero-order valence-corrected chi connectivity index (χ0v) is 14.9. The highest BCUT2D eigenvalue weighted by Crippen LogP contribution is 2.41. The van der Waals surface area contributed by atoms with Crippen LogP contribution in [0, 0.1) is 5.41 Å². The third-order valence-corrected chi connectivity index (χ3v) is 5.27. The number of amides is 1. The van der Waals surface area contributed by atoms with Gasteiger partial charge in [-0.3, -0.25) is 4.79 Å². The Labute approximate surface area is 148 Å². The van der Waals surface area contributed by atoms with Crippen molar-refractivity contribution in [2.24, 2.45) is 5.41 Å². The van der Waals surface area contributed by atoms with Crippen molar-refractivity contribution in [3.8, 4) is 0 Å². The summed E-state index contributed by atoms with van der Waals surface area (Å²) in [6, 6.07) is 3.36. The number of carboxylic acids is 1. The Morgan fingerprint density at radius 2 is 2.04 bits per heavy atom. The van der Waals surface area contributed by atoms with Crippen molar-refractivity contribution in [2.45, 2.75) is 33.1 Å². The Hall–Kier alpha value is -2.37. The van der Waals surface area contributed by atoms with Gasteiger partial charge < -0.3 is 14.9 Å². The van der Waals surface area contributed by atoms with E-state index in [9.17, 15) is 9.59 Å². The normalized spacial score (nSPS) is 19.4. The predicted octanol–water partition coefficient (Wildman–Crippen LogP) is 2.56. The molecule has 3 rings (SSSR count). The highest BCUT2D eigenvalue weighted by molar-refractivity contribution is 5.87. The molecule has 0 atom stereocenters. The Kier molecular flexibility index (Phi) is 4.79.